The van der Waals surface area contributed by atoms with Crippen molar-refractivity contribution in [1.82, 2.24) is 9.80 Å². The smallest absolute Gasteiger partial charge is 0.289 e. The van der Waals surface area contributed by atoms with Crippen molar-refractivity contribution in [3.05, 3.63) is 66.1 Å². The molecule has 0 aliphatic carbocycles. The van der Waals surface area contributed by atoms with Crippen LogP contribution in [0.5, 0.6) is 5.75 Å². The average molecular weight is 354 g/mol. The van der Waals surface area contributed by atoms with E-state index < -0.39 is 0 Å². The van der Waals surface area contributed by atoms with E-state index in [-0.39, 0.29) is 5.91 Å². The summed E-state index contributed by atoms with van der Waals surface area (Å²) in [5.74, 6) is 1.78. The van der Waals surface area contributed by atoms with Gasteiger partial charge in [0.25, 0.3) is 5.91 Å². The summed E-state index contributed by atoms with van der Waals surface area (Å²) in [7, 11) is 0. The number of rotatable bonds is 6. The summed E-state index contributed by atoms with van der Waals surface area (Å²) < 4.78 is 11.5. The highest BCUT2D eigenvalue weighted by atomic mass is 16.5. The first-order valence-corrected chi connectivity index (χ1v) is 9.06. The lowest BCUT2D eigenvalue weighted by molar-refractivity contribution is 0.0726. The molecular weight excluding hydrogens is 328 g/mol. The first kappa shape index (κ1) is 18.3. The van der Waals surface area contributed by atoms with Gasteiger partial charge < -0.3 is 14.1 Å². The molecule has 0 radical (unpaired) electrons. The Hall–Kier alpha value is -2.53. The monoisotopic (exact) mass is 354 g/mol. The van der Waals surface area contributed by atoms with Crippen molar-refractivity contribution in [3.8, 4) is 5.75 Å². The van der Waals surface area contributed by atoms with Gasteiger partial charge >= 0.3 is 0 Å². The van der Waals surface area contributed by atoms with Gasteiger partial charge in [-0.05, 0) is 43.2 Å². The van der Waals surface area contributed by atoms with Gasteiger partial charge in [0.1, 0.15) is 18.1 Å². The number of hydrogen-bond acceptors (Lipinski definition) is 4. The summed E-state index contributed by atoms with van der Waals surface area (Å²) in [5, 5.41) is 0. The van der Waals surface area contributed by atoms with Gasteiger partial charge in [-0.3, -0.25) is 9.69 Å². The number of carbonyl (C=O) groups excluding carboxylic acids is 1. The van der Waals surface area contributed by atoms with Crippen LogP contribution >= 0.6 is 0 Å². The highest BCUT2D eigenvalue weighted by Crippen LogP contribution is 2.17. The van der Waals surface area contributed by atoms with Crippen LogP contribution in [0.15, 0.2) is 53.5 Å². The van der Waals surface area contributed by atoms with Crippen LogP contribution in [0.2, 0.25) is 0 Å². The van der Waals surface area contributed by atoms with Gasteiger partial charge in [-0.15, -0.1) is 6.58 Å². The van der Waals surface area contributed by atoms with E-state index in [1.807, 2.05) is 48.2 Å². The second kappa shape index (κ2) is 8.72. The van der Waals surface area contributed by atoms with Crippen LogP contribution in [0, 0.1) is 6.92 Å². The molecule has 0 bridgehead atoms. The molecule has 0 saturated carbocycles. The fraction of sp³-hybridized carbons (Fsp3) is 0.381. The molecule has 1 aromatic heterocycles. The zero-order valence-electron chi connectivity index (χ0n) is 15.3. The minimum atomic E-state index is -0.0488. The predicted molar refractivity (Wildman–Crippen MR) is 101 cm³/mol. The third-order valence-electron chi connectivity index (χ3n) is 4.51. The molecule has 138 valence electrons. The fourth-order valence-electron chi connectivity index (χ4n) is 3.13. The predicted octanol–water partition coefficient (Wildman–Crippen LogP) is 3.50. The van der Waals surface area contributed by atoms with E-state index in [2.05, 4.69) is 11.5 Å². The number of ether oxygens (including phenoxy) is 1. The Kier molecular flexibility index (Phi) is 6.12. The Morgan fingerprint density at radius 1 is 1.23 bits per heavy atom. The molecule has 26 heavy (non-hydrogen) atoms. The molecule has 0 unspecified atom stereocenters. The van der Waals surface area contributed by atoms with E-state index >= 15 is 0 Å². The molecular formula is C21H26N2O3. The third-order valence-corrected chi connectivity index (χ3v) is 4.51. The number of aryl methyl sites for hydroxylation is 1. The third kappa shape index (κ3) is 4.76. The van der Waals surface area contributed by atoms with Crippen LogP contribution in [-0.4, -0.2) is 48.4 Å². The van der Waals surface area contributed by atoms with Crippen LogP contribution in [0.1, 0.15) is 28.3 Å². The second-order valence-electron chi connectivity index (χ2n) is 6.61. The van der Waals surface area contributed by atoms with Crippen LogP contribution in [0.4, 0.5) is 0 Å². The second-order valence-corrected chi connectivity index (χ2v) is 6.61. The number of nitrogens with zero attached hydrogens (tertiary/aromatic N) is 2. The maximum absolute atomic E-state index is 12.7. The largest absolute Gasteiger partial charge is 0.486 e. The number of benzene rings is 1. The van der Waals surface area contributed by atoms with E-state index in [0.29, 0.717) is 24.7 Å². The number of carbonyl (C=O) groups is 1. The van der Waals surface area contributed by atoms with E-state index in [9.17, 15) is 4.79 Å². The van der Waals surface area contributed by atoms with Gasteiger partial charge in [-0.2, -0.15) is 0 Å². The van der Waals surface area contributed by atoms with E-state index in [1.54, 1.807) is 6.07 Å². The van der Waals surface area contributed by atoms with Crippen molar-refractivity contribution < 1.29 is 13.9 Å². The fourth-order valence-corrected chi connectivity index (χ4v) is 3.13. The van der Waals surface area contributed by atoms with E-state index in [1.165, 1.54) is 0 Å². The zero-order chi connectivity index (χ0) is 18.4. The van der Waals surface area contributed by atoms with Crippen molar-refractivity contribution in [3.63, 3.8) is 0 Å². The van der Waals surface area contributed by atoms with Crippen LogP contribution < -0.4 is 4.74 Å². The normalized spacial score (nSPS) is 15.5. The molecule has 2 aromatic rings. The number of furan rings is 1. The summed E-state index contributed by atoms with van der Waals surface area (Å²) in [5.41, 5.74) is 1.14. The molecule has 2 heterocycles. The summed E-state index contributed by atoms with van der Waals surface area (Å²) in [6.45, 7) is 10.3. The Morgan fingerprint density at radius 2 is 2.12 bits per heavy atom. The van der Waals surface area contributed by atoms with Crippen LogP contribution in [0.3, 0.4) is 0 Å². The molecule has 5 nitrogen and oxygen atoms in total. The van der Waals surface area contributed by atoms with Gasteiger partial charge in [0, 0.05) is 32.7 Å². The van der Waals surface area contributed by atoms with Crippen molar-refractivity contribution in [2.75, 3.05) is 32.7 Å². The van der Waals surface area contributed by atoms with Gasteiger partial charge in [0.2, 0.25) is 0 Å². The Bertz CT molecular complexity index is 753. The molecule has 3 rings (SSSR count). The van der Waals surface area contributed by atoms with Gasteiger partial charge in [-0.25, -0.2) is 0 Å². The Labute approximate surface area is 154 Å². The SMILES string of the molecule is C=CCN1CCCN(C(=O)c2ccc(COc3cccc(C)c3)o2)CC1. The maximum atomic E-state index is 12.7. The summed E-state index contributed by atoms with van der Waals surface area (Å²) in [6, 6.07) is 11.4. The zero-order valence-corrected chi connectivity index (χ0v) is 15.3. The Balaban J connectivity index is 1.56. The maximum Gasteiger partial charge on any atom is 0.289 e. The van der Waals surface area contributed by atoms with Gasteiger partial charge in [-0.1, -0.05) is 18.2 Å². The first-order valence-electron chi connectivity index (χ1n) is 9.06. The molecule has 1 aliphatic heterocycles. The molecule has 0 spiro atoms. The standard InChI is InChI=1S/C21H26N2O3/c1-3-10-22-11-5-12-23(14-13-22)21(24)20-9-8-19(26-20)16-25-18-7-4-6-17(2)15-18/h3-4,6-9,15H,1,5,10-14,16H2,2H3. The summed E-state index contributed by atoms with van der Waals surface area (Å²) in [6.07, 6.45) is 2.87. The molecule has 1 aliphatic rings. The van der Waals surface area contributed by atoms with Crippen molar-refractivity contribution in [2.45, 2.75) is 20.0 Å². The highest BCUT2D eigenvalue weighted by Gasteiger charge is 2.22. The topological polar surface area (TPSA) is 45.9 Å². The van der Waals surface area contributed by atoms with E-state index in [4.69, 9.17) is 9.15 Å². The Morgan fingerprint density at radius 3 is 2.92 bits per heavy atom. The highest BCUT2D eigenvalue weighted by molar-refractivity contribution is 5.91. The summed E-state index contributed by atoms with van der Waals surface area (Å²) >= 11 is 0. The first-order chi connectivity index (χ1) is 12.7. The average Bonchev–Trinajstić information content (AvgIpc) is 2.99. The molecule has 0 atom stereocenters. The number of hydrogen-bond donors (Lipinski definition) is 0. The van der Waals surface area contributed by atoms with Crippen molar-refractivity contribution in [1.29, 1.82) is 0 Å². The lowest BCUT2D eigenvalue weighted by atomic mass is 10.2. The minimum absolute atomic E-state index is 0.0488. The van der Waals surface area contributed by atoms with Crippen molar-refractivity contribution in [2.24, 2.45) is 0 Å². The quantitative estimate of drug-likeness (QED) is 0.745. The molecule has 1 aromatic carbocycles. The molecule has 1 saturated heterocycles. The minimum Gasteiger partial charge on any atom is -0.486 e. The van der Waals surface area contributed by atoms with Crippen LogP contribution in [0.25, 0.3) is 0 Å². The van der Waals surface area contributed by atoms with Crippen LogP contribution in [-0.2, 0) is 6.61 Å². The van der Waals surface area contributed by atoms with E-state index in [0.717, 1.165) is 43.9 Å². The van der Waals surface area contributed by atoms with Gasteiger partial charge in [0.15, 0.2) is 5.76 Å². The lowest BCUT2D eigenvalue weighted by Gasteiger charge is -2.20. The molecule has 1 amide bonds. The lowest BCUT2D eigenvalue weighted by Crippen LogP contribution is -2.35. The van der Waals surface area contributed by atoms with Crippen molar-refractivity contribution >= 4 is 5.91 Å². The molecule has 1 fully saturated rings. The summed E-state index contributed by atoms with van der Waals surface area (Å²) in [4.78, 5) is 16.9. The molecule has 0 N–H and O–H groups in total. The number of amides is 1. The van der Waals surface area contributed by atoms with Gasteiger partial charge in [0.05, 0.1) is 0 Å². The molecule has 5 heteroatoms.